The van der Waals surface area contributed by atoms with E-state index in [1.54, 1.807) is 0 Å². The summed E-state index contributed by atoms with van der Waals surface area (Å²) in [4.78, 5) is 10.6. The first-order chi connectivity index (χ1) is 30.0. The number of rotatable bonds is 7. The van der Waals surface area contributed by atoms with E-state index in [0.29, 0.717) is 5.82 Å². The van der Waals surface area contributed by atoms with Crippen molar-refractivity contribution in [1.82, 2.24) is 9.97 Å². The van der Waals surface area contributed by atoms with Gasteiger partial charge in [-0.15, -0.1) is 0 Å². The molecule has 0 spiro atoms. The van der Waals surface area contributed by atoms with Gasteiger partial charge in [-0.1, -0.05) is 196 Å². The largest absolute Gasteiger partial charge is 0.228 e. The summed E-state index contributed by atoms with van der Waals surface area (Å²) in [5.74, 6) is 0.695. The van der Waals surface area contributed by atoms with Gasteiger partial charge in [-0.3, -0.25) is 0 Å². The van der Waals surface area contributed by atoms with E-state index in [1.165, 1.54) is 49.9 Å². The molecule has 0 radical (unpaired) electrons. The van der Waals surface area contributed by atoms with Crippen molar-refractivity contribution in [1.29, 1.82) is 0 Å². The second-order valence-corrected chi connectivity index (χ2v) is 16.6. The highest BCUT2D eigenvalue weighted by Gasteiger charge is 2.35. The lowest BCUT2D eigenvalue weighted by molar-refractivity contribution is 0.660. The Balaban J connectivity index is 1.04. The molecule has 61 heavy (non-hydrogen) atoms. The third kappa shape index (κ3) is 6.54. The Bertz CT molecular complexity index is 3200. The van der Waals surface area contributed by atoms with Gasteiger partial charge in [0.25, 0.3) is 0 Å². The van der Waals surface area contributed by atoms with Crippen LogP contribution in [-0.4, -0.2) is 9.97 Å². The molecule has 0 amide bonds. The molecule has 2 nitrogen and oxygen atoms in total. The summed E-state index contributed by atoms with van der Waals surface area (Å²) >= 11 is 0. The second-order valence-electron chi connectivity index (χ2n) is 16.6. The summed E-state index contributed by atoms with van der Waals surface area (Å²) in [5, 5.41) is 2.33. The molecule has 288 valence electrons. The Labute approximate surface area is 357 Å². The van der Waals surface area contributed by atoms with Crippen LogP contribution in [0, 0.1) is 0 Å². The topological polar surface area (TPSA) is 25.8 Å². The lowest BCUT2D eigenvalue weighted by Crippen LogP contribution is -2.14. The minimum Gasteiger partial charge on any atom is -0.228 e. The van der Waals surface area contributed by atoms with E-state index in [4.69, 9.17) is 9.97 Å². The maximum Gasteiger partial charge on any atom is 0.160 e. The number of benzene rings is 9. The lowest BCUT2D eigenvalue weighted by Gasteiger charge is -2.22. The van der Waals surface area contributed by atoms with Gasteiger partial charge in [-0.25, -0.2) is 9.97 Å². The minimum absolute atomic E-state index is 0.0539. The normalized spacial score (nSPS) is 12.6. The highest BCUT2D eigenvalue weighted by Crippen LogP contribution is 2.50. The number of aromatic nitrogens is 2. The molecule has 1 heterocycles. The van der Waals surface area contributed by atoms with E-state index >= 15 is 0 Å². The zero-order chi connectivity index (χ0) is 40.9. The summed E-state index contributed by atoms with van der Waals surface area (Å²) in [7, 11) is 0. The quantitative estimate of drug-likeness (QED) is 0.161. The molecule has 0 fully saturated rings. The summed E-state index contributed by atoms with van der Waals surface area (Å²) in [6, 6.07) is 78.6. The van der Waals surface area contributed by atoms with Crippen molar-refractivity contribution >= 4 is 10.8 Å². The summed E-state index contributed by atoms with van der Waals surface area (Å²) in [6.45, 7) is 4.69. The van der Waals surface area contributed by atoms with Crippen molar-refractivity contribution in [2.45, 2.75) is 19.3 Å². The minimum atomic E-state index is -0.0539. The fourth-order valence-electron chi connectivity index (χ4n) is 9.34. The Hall–Kier alpha value is -7.68. The van der Waals surface area contributed by atoms with Crippen LogP contribution in [0.25, 0.3) is 100 Å². The molecule has 10 aromatic rings. The van der Waals surface area contributed by atoms with Crippen LogP contribution in [0.3, 0.4) is 0 Å². The first-order valence-corrected chi connectivity index (χ1v) is 21.1. The molecule has 2 heteroatoms. The van der Waals surface area contributed by atoms with Gasteiger partial charge >= 0.3 is 0 Å². The highest BCUT2D eigenvalue weighted by atomic mass is 14.9. The van der Waals surface area contributed by atoms with Crippen LogP contribution in [0.2, 0.25) is 0 Å². The van der Waals surface area contributed by atoms with Gasteiger partial charge < -0.3 is 0 Å². The van der Waals surface area contributed by atoms with Crippen LogP contribution >= 0.6 is 0 Å². The third-order valence-corrected chi connectivity index (χ3v) is 12.5. The Morgan fingerprint density at radius 1 is 0.279 bits per heavy atom. The van der Waals surface area contributed by atoms with E-state index in [2.05, 4.69) is 226 Å². The molecular formula is C59H42N2. The van der Waals surface area contributed by atoms with Crippen molar-refractivity contribution < 1.29 is 0 Å². The van der Waals surface area contributed by atoms with Gasteiger partial charge in [-0.05, 0) is 114 Å². The number of hydrogen-bond donors (Lipinski definition) is 0. The van der Waals surface area contributed by atoms with Crippen LogP contribution in [0.5, 0.6) is 0 Å². The zero-order valence-electron chi connectivity index (χ0n) is 34.2. The molecule has 0 atom stereocenters. The number of hydrogen-bond acceptors (Lipinski definition) is 2. The maximum absolute atomic E-state index is 5.31. The Morgan fingerprint density at radius 3 is 1.46 bits per heavy atom. The van der Waals surface area contributed by atoms with Gasteiger partial charge in [0, 0.05) is 22.1 Å². The van der Waals surface area contributed by atoms with E-state index < -0.39 is 0 Å². The van der Waals surface area contributed by atoms with E-state index in [9.17, 15) is 0 Å². The first-order valence-electron chi connectivity index (χ1n) is 21.1. The van der Waals surface area contributed by atoms with E-state index in [-0.39, 0.29) is 5.41 Å². The summed E-state index contributed by atoms with van der Waals surface area (Å²) < 4.78 is 0. The monoisotopic (exact) mass is 778 g/mol. The van der Waals surface area contributed by atoms with E-state index in [0.717, 1.165) is 55.7 Å². The summed E-state index contributed by atoms with van der Waals surface area (Å²) in [6.07, 6.45) is 0. The molecule has 1 aromatic heterocycles. The highest BCUT2D eigenvalue weighted by molar-refractivity contribution is 6.05. The zero-order valence-corrected chi connectivity index (χ0v) is 34.2. The third-order valence-electron chi connectivity index (χ3n) is 12.5. The van der Waals surface area contributed by atoms with Gasteiger partial charge in [-0.2, -0.15) is 0 Å². The second kappa shape index (κ2) is 14.9. The van der Waals surface area contributed by atoms with Gasteiger partial charge in [0.2, 0.25) is 0 Å². The smallest absolute Gasteiger partial charge is 0.160 e. The Kier molecular flexibility index (Phi) is 8.86. The summed E-state index contributed by atoms with van der Waals surface area (Å²) in [5.41, 5.74) is 19.7. The van der Waals surface area contributed by atoms with E-state index in [1.807, 2.05) is 6.07 Å². The van der Waals surface area contributed by atoms with Crippen molar-refractivity contribution in [2.75, 3.05) is 0 Å². The molecule has 1 aliphatic rings. The van der Waals surface area contributed by atoms with Crippen LogP contribution < -0.4 is 0 Å². The van der Waals surface area contributed by atoms with Crippen LogP contribution in [-0.2, 0) is 5.41 Å². The van der Waals surface area contributed by atoms with Crippen LogP contribution in [0.15, 0.2) is 218 Å². The van der Waals surface area contributed by atoms with Gasteiger partial charge in [0.05, 0.1) is 11.4 Å². The molecular weight excluding hydrogens is 737 g/mol. The van der Waals surface area contributed by atoms with Crippen LogP contribution in [0.1, 0.15) is 25.0 Å². The molecule has 0 saturated heterocycles. The molecule has 0 unspecified atom stereocenters. The SMILES string of the molecule is CC1(C)c2ccccc2-c2ccc(-c3cccc(-c4ccc(-c5cc(-c6cc(-c7ccccc7)cc(-c7ccccc7)c6)nc(-c6ccccc6)n5)c5ccccc45)c3)cc21. The molecule has 11 rings (SSSR count). The molecule has 0 N–H and O–H groups in total. The van der Waals surface area contributed by atoms with Crippen molar-refractivity contribution in [3.05, 3.63) is 230 Å². The Morgan fingerprint density at radius 2 is 0.754 bits per heavy atom. The molecule has 0 aliphatic heterocycles. The van der Waals surface area contributed by atoms with Crippen molar-refractivity contribution in [3.8, 4) is 89.5 Å². The van der Waals surface area contributed by atoms with Gasteiger partial charge in [0.1, 0.15) is 0 Å². The molecule has 1 aliphatic carbocycles. The van der Waals surface area contributed by atoms with Crippen molar-refractivity contribution in [2.24, 2.45) is 0 Å². The fraction of sp³-hybridized carbons (Fsp3) is 0.0508. The number of nitrogens with zero attached hydrogens (tertiary/aromatic N) is 2. The average molecular weight is 779 g/mol. The van der Waals surface area contributed by atoms with Crippen molar-refractivity contribution in [3.63, 3.8) is 0 Å². The molecule has 9 aromatic carbocycles. The first kappa shape index (κ1) is 36.4. The molecule has 0 bridgehead atoms. The van der Waals surface area contributed by atoms with Crippen LogP contribution in [0.4, 0.5) is 0 Å². The fourth-order valence-corrected chi connectivity index (χ4v) is 9.34. The predicted molar refractivity (Wildman–Crippen MR) is 255 cm³/mol. The standard InChI is InChI=1S/C59H42N2/c1-59(2)54-28-15-14-27-51(54)52-30-29-43(37-55(52)59)42-23-16-24-44(33-42)48-31-32-53(50-26-13-12-25-49(48)50)57-38-56(60-58(61-57)41-21-10-5-11-22-41)47-35-45(39-17-6-3-7-18-39)34-46(36-47)40-19-8-4-9-20-40/h3-38H,1-2H3. The number of fused-ring (bicyclic) bond motifs is 4. The predicted octanol–water partition coefficient (Wildman–Crippen LogP) is 15.6. The molecule has 0 saturated carbocycles. The van der Waals surface area contributed by atoms with Gasteiger partial charge in [0.15, 0.2) is 5.82 Å². The maximum atomic E-state index is 5.31. The lowest BCUT2D eigenvalue weighted by atomic mass is 9.81. The average Bonchev–Trinajstić information content (AvgIpc) is 3.56.